The summed E-state index contributed by atoms with van der Waals surface area (Å²) in [6.07, 6.45) is 8.14. The Morgan fingerprint density at radius 2 is 2.43 bits per heavy atom. The van der Waals surface area contributed by atoms with Crippen LogP contribution in [-0.2, 0) is 0 Å². The lowest BCUT2D eigenvalue weighted by Gasteiger charge is -1.92. The lowest BCUT2D eigenvalue weighted by atomic mass is 10.4. The predicted octanol–water partition coefficient (Wildman–Crippen LogP) is 0.927. The van der Waals surface area contributed by atoms with E-state index in [4.69, 9.17) is 0 Å². The van der Waals surface area contributed by atoms with Crippen molar-refractivity contribution in [1.82, 2.24) is 5.32 Å². The maximum absolute atomic E-state index is 3.07. The quantitative estimate of drug-likeness (QED) is 0.467. The zero-order valence-corrected chi connectivity index (χ0v) is 3.81. The average Bonchev–Trinajstić information content (AvgIpc) is 2.41. The van der Waals surface area contributed by atoms with Crippen LogP contribution in [0.2, 0.25) is 0 Å². The SMILES string of the molecule is C1=CNC2=CC2=C1. The monoisotopic (exact) mass is 91.0 g/mol. The second-order valence-corrected chi connectivity index (χ2v) is 1.68. The molecule has 0 bridgehead atoms. The Balaban J connectivity index is 2.40. The Morgan fingerprint density at radius 1 is 1.43 bits per heavy atom. The molecule has 0 saturated carbocycles. The average molecular weight is 91.1 g/mol. The highest BCUT2D eigenvalue weighted by Crippen LogP contribution is 2.26. The molecule has 0 amide bonds. The predicted molar refractivity (Wildman–Crippen MR) is 28.4 cm³/mol. The van der Waals surface area contributed by atoms with Gasteiger partial charge in [0.2, 0.25) is 0 Å². The summed E-state index contributed by atoms with van der Waals surface area (Å²) < 4.78 is 0. The van der Waals surface area contributed by atoms with Crippen molar-refractivity contribution in [2.75, 3.05) is 0 Å². The minimum Gasteiger partial charge on any atom is -0.361 e. The van der Waals surface area contributed by atoms with Gasteiger partial charge in [-0.2, -0.15) is 0 Å². The van der Waals surface area contributed by atoms with E-state index in [1.807, 2.05) is 12.3 Å². The van der Waals surface area contributed by atoms with Crippen LogP contribution in [0.15, 0.2) is 35.7 Å². The topological polar surface area (TPSA) is 12.0 Å². The van der Waals surface area contributed by atoms with Gasteiger partial charge in [0.05, 0.1) is 0 Å². The van der Waals surface area contributed by atoms with Gasteiger partial charge < -0.3 is 5.32 Å². The first-order valence-corrected chi connectivity index (χ1v) is 2.32. The Hall–Kier alpha value is -0.980. The molecule has 0 aromatic heterocycles. The van der Waals surface area contributed by atoms with Crippen LogP contribution in [0.3, 0.4) is 0 Å². The van der Waals surface area contributed by atoms with Gasteiger partial charge in [-0.3, -0.25) is 0 Å². The van der Waals surface area contributed by atoms with Crippen molar-refractivity contribution in [3.05, 3.63) is 35.7 Å². The molecule has 0 aromatic rings. The van der Waals surface area contributed by atoms with Crippen molar-refractivity contribution >= 4 is 0 Å². The Kier molecular flexibility index (Phi) is 0.355. The van der Waals surface area contributed by atoms with Crippen LogP contribution in [0.1, 0.15) is 0 Å². The van der Waals surface area contributed by atoms with Crippen LogP contribution in [-0.4, -0.2) is 0 Å². The van der Waals surface area contributed by atoms with Crippen LogP contribution in [0.25, 0.3) is 0 Å². The number of dihydropyridines is 1. The molecule has 0 atom stereocenters. The summed E-state index contributed by atoms with van der Waals surface area (Å²) in [4.78, 5) is 0. The maximum atomic E-state index is 3.07. The summed E-state index contributed by atoms with van der Waals surface area (Å²) >= 11 is 0. The summed E-state index contributed by atoms with van der Waals surface area (Å²) in [6, 6.07) is 0. The van der Waals surface area contributed by atoms with E-state index in [1.54, 1.807) is 0 Å². The zero-order chi connectivity index (χ0) is 4.69. The molecule has 1 heteroatoms. The molecule has 1 aliphatic heterocycles. The van der Waals surface area contributed by atoms with E-state index in [-0.39, 0.29) is 0 Å². The van der Waals surface area contributed by atoms with E-state index < -0.39 is 0 Å². The van der Waals surface area contributed by atoms with Gasteiger partial charge in [0.25, 0.3) is 0 Å². The van der Waals surface area contributed by atoms with Crippen molar-refractivity contribution < 1.29 is 0 Å². The molecule has 2 aliphatic rings. The molecule has 1 heterocycles. The van der Waals surface area contributed by atoms with Crippen LogP contribution >= 0.6 is 0 Å². The van der Waals surface area contributed by atoms with Crippen LogP contribution in [0, 0.1) is 0 Å². The maximum Gasteiger partial charge on any atom is 0.0460 e. The third-order valence-electron chi connectivity index (χ3n) is 1.14. The lowest BCUT2D eigenvalue weighted by molar-refractivity contribution is 1.14. The molecule has 0 radical (unpaired) electrons. The van der Waals surface area contributed by atoms with Crippen LogP contribution < -0.4 is 5.32 Å². The van der Waals surface area contributed by atoms with Crippen molar-refractivity contribution in [3.63, 3.8) is 0 Å². The standard InChI is InChI=1S/C6H5N/c1-2-5-4-6(5)7-3-1/h1-4,7H. The highest BCUT2D eigenvalue weighted by atomic mass is 14.9. The molecule has 0 saturated heterocycles. The molecule has 0 spiro atoms. The first-order chi connectivity index (χ1) is 3.47. The number of allylic oxidation sites excluding steroid dienone is 4. The molecule has 0 fully saturated rings. The van der Waals surface area contributed by atoms with Crippen LogP contribution in [0.4, 0.5) is 0 Å². The minimum atomic E-state index is 1.28. The van der Waals surface area contributed by atoms with Gasteiger partial charge in [0.15, 0.2) is 0 Å². The van der Waals surface area contributed by atoms with Crippen molar-refractivity contribution in [2.24, 2.45) is 0 Å². The van der Waals surface area contributed by atoms with Crippen molar-refractivity contribution in [2.45, 2.75) is 0 Å². The highest BCUT2D eigenvalue weighted by molar-refractivity contribution is 5.59. The molecule has 1 aliphatic carbocycles. The van der Waals surface area contributed by atoms with Gasteiger partial charge in [-0.25, -0.2) is 0 Å². The summed E-state index contributed by atoms with van der Waals surface area (Å²) in [6.45, 7) is 0. The largest absolute Gasteiger partial charge is 0.361 e. The fourth-order valence-corrected chi connectivity index (χ4v) is 0.672. The summed E-state index contributed by atoms with van der Waals surface area (Å²) in [5.41, 5.74) is 2.63. The number of hydrogen-bond donors (Lipinski definition) is 1. The number of fused-ring (bicyclic) bond motifs is 1. The molecular formula is C6H5N. The van der Waals surface area contributed by atoms with E-state index in [2.05, 4.69) is 17.5 Å². The minimum absolute atomic E-state index is 1.28. The molecule has 0 aromatic carbocycles. The van der Waals surface area contributed by atoms with E-state index in [1.165, 1.54) is 11.3 Å². The van der Waals surface area contributed by atoms with Gasteiger partial charge in [-0.15, -0.1) is 0 Å². The molecular weight excluding hydrogens is 86.1 g/mol. The second-order valence-electron chi connectivity index (χ2n) is 1.68. The van der Waals surface area contributed by atoms with Gasteiger partial charge >= 0.3 is 0 Å². The van der Waals surface area contributed by atoms with E-state index in [0.717, 1.165) is 0 Å². The van der Waals surface area contributed by atoms with Gasteiger partial charge in [0, 0.05) is 17.5 Å². The zero-order valence-electron chi connectivity index (χ0n) is 3.81. The fourth-order valence-electron chi connectivity index (χ4n) is 0.672. The Bertz CT molecular complexity index is 184. The van der Waals surface area contributed by atoms with E-state index >= 15 is 0 Å². The molecule has 2 rings (SSSR count). The van der Waals surface area contributed by atoms with Crippen molar-refractivity contribution in [3.8, 4) is 0 Å². The van der Waals surface area contributed by atoms with Crippen molar-refractivity contribution in [1.29, 1.82) is 0 Å². The third kappa shape index (κ3) is 0.317. The normalized spacial score (nSPS) is 21.7. The number of hydrogen-bond acceptors (Lipinski definition) is 1. The molecule has 1 nitrogen and oxygen atoms in total. The molecule has 1 N–H and O–H groups in total. The van der Waals surface area contributed by atoms with Crippen LogP contribution in [0.5, 0.6) is 0 Å². The Labute approximate surface area is 42.0 Å². The van der Waals surface area contributed by atoms with E-state index in [9.17, 15) is 0 Å². The Morgan fingerprint density at radius 3 is 3.00 bits per heavy atom. The highest BCUT2D eigenvalue weighted by Gasteiger charge is 2.14. The first-order valence-electron chi connectivity index (χ1n) is 2.32. The van der Waals surface area contributed by atoms with Gasteiger partial charge in [-0.1, -0.05) is 6.08 Å². The molecule has 0 unspecified atom stereocenters. The lowest BCUT2D eigenvalue weighted by Crippen LogP contribution is -1.96. The third-order valence-corrected chi connectivity index (χ3v) is 1.14. The summed E-state index contributed by atoms with van der Waals surface area (Å²) in [7, 11) is 0. The molecule has 34 valence electrons. The van der Waals surface area contributed by atoms with Gasteiger partial charge in [0.1, 0.15) is 0 Å². The first kappa shape index (κ1) is 3.08. The summed E-state index contributed by atoms with van der Waals surface area (Å²) in [5, 5.41) is 3.07. The molecule has 7 heavy (non-hydrogen) atoms. The summed E-state index contributed by atoms with van der Waals surface area (Å²) in [5.74, 6) is 0. The second kappa shape index (κ2) is 0.808. The van der Waals surface area contributed by atoms with E-state index in [0.29, 0.717) is 0 Å². The van der Waals surface area contributed by atoms with Gasteiger partial charge in [-0.05, 0) is 12.2 Å². The number of rotatable bonds is 0. The smallest absolute Gasteiger partial charge is 0.0460 e. The number of nitrogens with one attached hydrogen (secondary N) is 1. The fraction of sp³-hybridized carbons (Fsp3) is 0.